The second kappa shape index (κ2) is 19.0. The minimum Gasteiger partial charge on any atom is -0.444 e. The SMILES string of the molecule is CCCCCCCCN(C(=O)C(Cc1ccccc1)NC(=O)OC(C)(C)C)C(C(=O)NCCCCC)c1ccccc1. The fourth-order valence-corrected chi connectivity index (χ4v) is 4.92. The summed E-state index contributed by atoms with van der Waals surface area (Å²) in [6, 6.07) is 17.4. The highest BCUT2D eigenvalue weighted by Crippen LogP contribution is 2.24. The number of nitrogens with zero attached hydrogens (tertiary/aromatic N) is 1. The quantitative estimate of drug-likeness (QED) is 0.181. The van der Waals surface area contributed by atoms with Gasteiger partial charge in [0.25, 0.3) is 0 Å². The van der Waals surface area contributed by atoms with Crippen LogP contribution in [0.1, 0.15) is 110 Å². The van der Waals surface area contributed by atoms with Crippen LogP contribution >= 0.6 is 0 Å². The van der Waals surface area contributed by atoms with Crippen LogP contribution in [0.5, 0.6) is 0 Å². The molecule has 0 aromatic heterocycles. The molecule has 2 atom stereocenters. The Hall–Kier alpha value is -3.35. The van der Waals surface area contributed by atoms with E-state index < -0.39 is 23.8 Å². The Balaban J connectivity index is 2.44. The molecule has 7 heteroatoms. The Morgan fingerprint density at radius 2 is 1.36 bits per heavy atom. The maximum absolute atomic E-state index is 14.5. The minimum absolute atomic E-state index is 0.202. The fourth-order valence-electron chi connectivity index (χ4n) is 4.92. The van der Waals surface area contributed by atoms with Crippen molar-refractivity contribution in [2.75, 3.05) is 13.1 Å². The summed E-state index contributed by atoms with van der Waals surface area (Å²) >= 11 is 0. The molecule has 0 aliphatic carbocycles. The number of alkyl carbamates (subject to hydrolysis) is 1. The van der Waals surface area contributed by atoms with E-state index in [1.807, 2.05) is 60.7 Å². The Labute approximate surface area is 253 Å². The first kappa shape index (κ1) is 34.8. The summed E-state index contributed by atoms with van der Waals surface area (Å²) in [6.45, 7) is 10.7. The average molecular weight is 580 g/mol. The predicted octanol–water partition coefficient (Wildman–Crippen LogP) is 7.36. The molecule has 0 saturated heterocycles. The van der Waals surface area contributed by atoms with Crippen molar-refractivity contribution in [2.24, 2.45) is 0 Å². The standard InChI is InChI=1S/C35H53N3O4/c1-6-8-10-11-12-20-26-38(31(29-23-17-14-18-24-29)32(39)36-25-19-9-7-2)33(40)30(27-28-21-15-13-16-22-28)37-34(41)42-35(3,4)5/h13-18,21-24,30-31H,6-12,19-20,25-27H2,1-5H3,(H,36,39)(H,37,41). The van der Waals surface area contributed by atoms with Crippen LogP contribution in [0.3, 0.4) is 0 Å². The molecule has 2 aromatic carbocycles. The van der Waals surface area contributed by atoms with E-state index in [0.717, 1.165) is 62.5 Å². The van der Waals surface area contributed by atoms with Crippen LogP contribution in [0.25, 0.3) is 0 Å². The summed E-state index contributed by atoms with van der Waals surface area (Å²) in [7, 11) is 0. The van der Waals surface area contributed by atoms with Crippen LogP contribution in [-0.4, -0.2) is 47.5 Å². The molecule has 0 aliphatic heterocycles. The normalized spacial score (nSPS) is 12.7. The molecule has 0 saturated carbocycles. The maximum Gasteiger partial charge on any atom is 0.408 e. The van der Waals surface area contributed by atoms with E-state index in [2.05, 4.69) is 24.5 Å². The van der Waals surface area contributed by atoms with Crippen molar-refractivity contribution in [2.45, 2.75) is 117 Å². The lowest BCUT2D eigenvalue weighted by Crippen LogP contribution is -2.54. The van der Waals surface area contributed by atoms with E-state index in [9.17, 15) is 14.4 Å². The molecule has 0 bridgehead atoms. The van der Waals surface area contributed by atoms with Crippen LogP contribution in [-0.2, 0) is 20.7 Å². The van der Waals surface area contributed by atoms with Gasteiger partial charge in [0.15, 0.2) is 0 Å². The van der Waals surface area contributed by atoms with Crippen LogP contribution < -0.4 is 10.6 Å². The number of rotatable bonds is 18. The van der Waals surface area contributed by atoms with Gasteiger partial charge in [-0.25, -0.2) is 4.79 Å². The number of hydrogen-bond acceptors (Lipinski definition) is 4. The molecular formula is C35H53N3O4. The van der Waals surface area contributed by atoms with Crippen LogP contribution in [0.15, 0.2) is 60.7 Å². The molecule has 3 amide bonds. The van der Waals surface area contributed by atoms with Crippen molar-refractivity contribution in [3.63, 3.8) is 0 Å². The number of amides is 3. The second-order valence-corrected chi connectivity index (χ2v) is 12.0. The number of unbranched alkanes of at least 4 members (excludes halogenated alkanes) is 7. The van der Waals surface area contributed by atoms with Gasteiger partial charge in [0.05, 0.1) is 0 Å². The van der Waals surface area contributed by atoms with Crippen molar-refractivity contribution in [3.05, 3.63) is 71.8 Å². The van der Waals surface area contributed by atoms with Crippen molar-refractivity contribution < 1.29 is 19.1 Å². The third-order valence-electron chi connectivity index (χ3n) is 7.06. The maximum atomic E-state index is 14.5. The van der Waals surface area contributed by atoms with Gasteiger partial charge in [-0.05, 0) is 44.7 Å². The summed E-state index contributed by atoms with van der Waals surface area (Å²) in [5.41, 5.74) is 0.945. The van der Waals surface area contributed by atoms with Gasteiger partial charge in [0.2, 0.25) is 11.8 Å². The second-order valence-electron chi connectivity index (χ2n) is 12.0. The highest BCUT2D eigenvalue weighted by atomic mass is 16.6. The monoisotopic (exact) mass is 579 g/mol. The zero-order chi connectivity index (χ0) is 30.8. The fraction of sp³-hybridized carbons (Fsp3) is 0.571. The first-order valence-corrected chi connectivity index (χ1v) is 15.8. The lowest BCUT2D eigenvalue weighted by Gasteiger charge is -2.34. The number of hydrogen-bond donors (Lipinski definition) is 2. The van der Waals surface area contributed by atoms with Crippen molar-refractivity contribution >= 4 is 17.9 Å². The average Bonchev–Trinajstić information content (AvgIpc) is 2.96. The summed E-state index contributed by atoms with van der Waals surface area (Å²) in [4.78, 5) is 42.9. The van der Waals surface area contributed by atoms with E-state index in [4.69, 9.17) is 4.74 Å². The minimum atomic E-state index is -0.901. The third kappa shape index (κ3) is 13.1. The molecule has 7 nitrogen and oxygen atoms in total. The smallest absolute Gasteiger partial charge is 0.408 e. The Morgan fingerprint density at radius 1 is 0.786 bits per heavy atom. The molecule has 232 valence electrons. The first-order chi connectivity index (χ1) is 20.2. The lowest BCUT2D eigenvalue weighted by atomic mass is 9.99. The van der Waals surface area contributed by atoms with Gasteiger partial charge in [-0.15, -0.1) is 0 Å². The first-order valence-electron chi connectivity index (χ1n) is 15.8. The van der Waals surface area contributed by atoms with Gasteiger partial charge in [-0.3, -0.25) is 9.59 Å². The van der Waals surface area contributed by atoms with E-state index in [1.165, 1.54) is 6.42 Å². The molecule has 2 rings (SSSR count). The Kier molecular flexibility index (Phi) is 15.7. The summed E-state index contributed by atoms with van der Waals surface area (Å²) in [5, 5.41) is 5.93. The highest BCUT2D eigenvalue weighted by molar-refractivity contribution is 5.92. The topological polar surface area (TPSA) is 87.7 Å². The van der Waals surface area contributed by atoms with Crippen LogP contribution in [0, 0.1) is 0 Å². The molecular weight excluding hydrogens is 526 g/mol. The van der Waals surface area contributed by atoms with E-state index >= 15 is 0 Å². The number of ether oxygens (including phenoxy) is 1. The van der Waals surface area contributed by atoms with Crippen molar-refractivity contribution in [1.82, 2.24) is 15.5 Å². The largest absolute Gasteiger partial charge is 0.444 e. The summed E-state index contributed by atoms with van der Waals surface area (Å²) < 4.78 is 5.54. The van der Waals surface area contributed by atoms with Gasteiger partial charge in [0.1, 0.15) is 17.7 Å². The van der Waals surface area contributed by atoms with Crippen molar-refractivity contribution in [3.8, 4) is 0 Å². The number of carbonyl (C=O) groups excluding carboxylic acids is 3. The zero-order valence-corrected chi connectivity index (χ0v) is 26.5. The van der Waals surface area contributed by atoms with Gasteiger partial charge in [-0.2, -0.15) is 0 Å². The molecule has 0 heterocycles. The molecule has 2 N–H and O–H groups in total. The zero-order valence-electron chi connectivity index (χ0n) is 26.5. The Bertz CT molecular complexity index is 1050. The number of carbonyl (C=O) groups is 3. The van der Waals surface area contributed by atoms with E-state index in [0.29, 0.717) is 13.1 Å². The molecule has 0 aliphatic rings. The lowest BCUT2D eigenvalue weighted by molar-refractivity contribution is -0.142. The van der Waals surface area contributed by atoms with Gasteiger partial charge >= 0.3 is 6.09 Å². The summed E-state index contributed by atoms with van der Waals surface area (Å²) in [6.07, 6.45) is 8.91. The molecule has 0 fully saturated rings. The molecule has 2 aromatic rings. The van der Waals surface area contributed by atoms with E-state index in [1.54, 1.807) is 25.7 Å². The van der Waals surface area contributed by atoms with Gasteiger partial charge in [-0.1, -0.05) is 119 Å². The third-order valence-corrected chi connectivity index (χ3v) is 7.06. The van der Waals surface area contributed by atoms with Crippen molar-refractivity contribution in [1.29, 1.82) is 0 Å². The van der Waals surface area contributed by atoms with Gasteiger partial charge < -0.3 is 20.3 Å². The predicted molar refractivity (Wildman–Crippen MR) is 170 cm³/mol. The van der Waals surface area contributed by atoms with Crippen LogP contribution in [0.4, 0.5) is 4.79 Å². The van der Waals surface area contributed by atoms with Crippen LogP contribution in [0.2, 0.25) is 0 Å². The van der Waals surface area contributed by atoms with Gasteiger partial charge in [0, 0.05) is 19.5 Å². The summed E-state index contributed by atoms with van der Waals surface area (Å²) in [5.74, 6) is -0.497. The number of nitrogens with one attached hydrogen (secondary N) is 2. The molecule has 2 unspecified atom stereocenters. The molecule has 0 radical (unpaired) electrons. The molecule has 42 heavy (non-hydrogen) atoms. The highest BCUT2D eigenvalue weighted by Gasteiger charge is 2.36. The number of benzene rings is 2. The molecule has 0 spiro atoms. The van der Waals surface area contributed by atoms with E-state index in [-0.39, 0.29) is 18.2 Å². The Morgan fingerprint density at radius 3 is 1.98 bits per heavy atom.